The van der Waals surface area contributed by atoms with Crippen molar-refractivity contribution in [1.82, 2.24) is 10.2 Å². The molecule has 2 fully saturated rings. The molecule has 6 atom stereocenters. The van der Waals surface area contributed by atoms with E-state index in [-0.39, 0.29) is 18.2 Å². The van der Waals surface area contributed by atoms with Gasteiger partial charge in [0.2, 0.25) is 5.96 Å². The number of guanidine groups is 1. The third-order valence-corrected chi connectivity index (χ3v) is 5.93. The molecule has 3 aliphatic rings. The molecule has 1 saturated carbocycles. The van der Waals surface area contributed by atoms with Crippen molar-refractivity contribution in [1.29, 1.82) is 0 Å². The van der Waals surface area contributed by atoms with Gasteiger partial charge in [-0.1, -0.05) is 13.8 Å². The minimum absolute atomic E-state index is 0.0656. The van der Waals surface area contributed by atoms with Crippen LogP contribution >= 0.6 is 0 Å². The Labute approximate surface area is 145 Å². The fourth-order valence-corrected chi connectivity index (χ4v) is 4.74. The van der Waals surface area contributed by atoms with Crippen molar-refractivity contribution in [3.63, 3.8) is 0 Å². The van der Waals surface area contributed by atoms with Gasteiger partial charge in [0, 0.05) is 45.7 Å². The lowest BCUT2D eigenvalue weighted by atomic mass is 9.67. The van der Waals surface area contributed by atoms with Crippen molar-refractivity contribution >= 4 is 11.8 Å². The normalized spacial score (nSPS) is 39.3. The zero-order chi connectivity index (χ0) is 17.3. The van der Waals surface area contributed by atoms with Gasteiger partial charge in [-0.05, 0) is 25.7 Å². The predicted molar refractivity (Wildman–Crippen MR) is 96.6 cm³/mol. The molecule has 0 amide bonds. The summed E-state index contributed by atoms with van der Waals surface area (Å²) in [4.78, 5) is 12.4. The summed E-state index contributed by atoms with van der Waals surface area (Å²) < 4.78 is 11.7. The van der Waals surface area contributed by atoms with Crippen molar-refractivity contribution in [3.8, 4) is 0 Å². The number of nitrogens with zero attached hydrogens (tertiary/aromatic N) is 3. The quantitative estimate of drug-likeness (QED) is 0.853. The minimum atomic E-state index is 0.0656. The highest BCUT2D eigenvalue weighted by atomic mass is 16.5. The number of rotatable bonds is 3. The summed E-state index contributed by atoms with van der Waals surface area (Å²) in [6, 6.07) is 0.193. The number of amidine groups is 1. The van der Waals surface area contributed by atoms with Gasteiger partial charge in [0.25, 0.3) is 0 Å². The lowest BCUT2D eigenvalue weighted by Gasteiger charge is -2.49. The molecule has 2 aliphatic heterocycles. The van der Waals surface area contributed by atoms with Gasteiger partial charge in [-0.25, -0.2) is 9.98 Å². The van der Waals surface area contributed by atoms with E-state index in [9.17, 15) is 0 Å². The molecule has 0 aromatic rings. The average Bonchev–Trinajstić information content (AvgIpc) is 3.11. The molecule has 1 N–H and O–H groups in total. The first-order valence-corrected chi connectivity index (χ1v) is 9.33. The molecule has 0 aromatic carbocycles. The zero-order valence-electron chi connectivity index (χ0n) is 15.7. The molecule has 0 radical (unpaired) electrons. The molecule has 0 spiro atoms. The third kappa shape index (κ3) is 2.94. The number of aliphatic imine (C=N–C) groups is 2. The second kappa shape index (κ2) is 7.40. The van der Waals surface area contributed by atoms with Crippen LogP contribution in [0.4, 0.5) is 0 Å². The monoisotopic (exact) mass is 336 g/mol. The van der Waals surface area contributed by atoms with Crippen LogP contribution in [0.25, 0.3) is 0 Å². The number of nitrogens with one attached hydrogen (secondary N) is 1. The summed E-state index contributed by atoms with van der Waals surface area (Å²) in [6.07, 6.45) is 2.65. The largest absolute Gasteiger partial charge is 0.378 e. The van der Waals surface area contributed by atoms with Crippen LogP contribution in [-0.4, -0.2) is 68.8 Å². The standard InChI is InChI=1S/C18H32N4O2/c1-6-19-18-20-14-12(3)16(24-5)15(23-4)11(2)13(14)17(21-18)22-9-7-8-10-22/h11-16H,6-10H2,1-5H3,(H,19,20). The Kier molecular flexibility index (Phi) is 5.45. The molecule has 1 saturated heterocycles. The molecule has 6 nitrogen and oxygen atoms in total. The maximum absolute atomic E-state index is 5.85. The first-order chi connectivity index (χ1) is 11.6. The van der Waals surface area contributed by atoms with E-state index in [1.807, 2.05) is 0 Å². The third-order valence-electron chi connectivity index (χ3n) is 5.93. The molecule has 0 bridgehead atoms. The molecule has 2 heterocycles. The fourth-order valence-electron chi connectivity index (χ4n) is 4.74. The zero-order valence-corrected chi connectivity index (χ0v) is 15.7. The number of fused-ring (bicyclic) bond motifs is 1. The Morgan fingerprint density at radius 2 is 1.71 bits per heavy atom. The molecule has 1 aliphatic carbocycles. The summed E-state index contributed by atoms with van der Waals surface area (Å²) >= 11 is 0. The van der Waals surface area contributed by atoms with E-state index in [2.05, 4.69) is 31.0 Å². The topological polar surface area (TPSA) is 58.5 Å². The Hall–Kier alpha value is -1.14. The summed E-state index contributed by atoms with van der Waals surface area (Å²) in [6.45, 7) is 9.64. The van der Waals surface area contributed by atoms with E-state index in [1.54, 1.807) is 14.2 Å². The Morgan fingerprint density at radius 1 is 1.08 bits per heavy atom. The maximum Gasteiger partial charge on any atom is 0.219 e. The van der Waals surface area contributed by atoms with Gasteiger partial charge in [-0.3, -0.25) is 0 Å². The van der Waals surface area contributed by atoms with E-state index in [4.69, 9.17) is 19.5 Å². The van der Waals surface area contributed by atoms with E-state index in [0.29, 0.717) is 17.8 Å². The highest BCUT2D eigenvalue weighted by Crippen LogP contribution is 2.42. The predicted octanol–water partition coefficient (Wildman–Crippen LogP) is 1.76. The average molecular weight is 336 g/mol. The van der Waals surface area contributed by atoms with Gasteiger partial charge in [0.15, 0.2) is 0 Å². The Balaban J connectivity index is 1.98. The second-order valence-electron chi connectivity index (χ2n) is 7.28. The van der Waals surface area contributed by atoms with Gasteiger partial charge < -0.3 is 19.7 Å². The van der Waals surface area contributed by atoms with Crippen LogP contribution < -0.4 is 5.32 Å². The van der Waals surface area contributed by atoms with Crippen molar-refractivity contribution in [2.24, 2.45) is 27.7 Å². The van der Waals surface area contributed by atoms with E-state index in [0.717, 1.165) is 25.6 Å². The van der Waals surface area contributed by atoms with Crippen molar-refractivity contribution in [3.05, 3.63) is 0 Å². The number of hydrogen-bond donors (Lipinski definition) is 1. The first kappa shape index (κ1) is 17.7. The molecule has 6 heteroatoms. The number of likely N-dealkylation sites (tertiary alicyclic amines) is 1. The summed E-state index contributed by atoms with van der Waals surface area (Å²) in [5.41, 5.74) is 0. The minimum Gasteiger partial charge on any atom is -0.378 e. The number of methoxy groups -OCH3 is 2. The van der Waals surface area contributed by atoms with Gasteiger partial charge in [-0.2, -0.15) is 0 Å². The molecule has 0 aromatic heterocycles. The Morgan fingerprint density at radius 3 is 2.29 bits per heavy atom. The van der Waals surface area contributed by atoms with Crippen LogP contribution in [-0.2, 0) is 9.47 Å². The molecule has 6 unspecified atom stereocenters. The second-order valence-corrected chi connectivity index (χ2v) is 7.28. The summed E-state index contributed by atoms with van der Waals surface area (Å²) in [5, 5.41) is 3.33. The van der Waals surface area contributed by atoms with E-state index >= 15 is 0 Å². The molecule has 3 rings (SSSR count). The number of hydrogen-bond acceptors (Lipinski definition) is 6. The van der Waals surface area contributed by atoms with Crippen LogP contribution in [0.1, 0.15) is 33.6 Å². The number of ether oxygens (including phenoxy) is 2. The van der Waals surface area contributed by atoms with Crippen molar-refractivity contribution in [2.75, 3.05) is 33.9 Å². The van der Waals surface area contributed by atoms with Gasteiger partial charge in [0.1, 0.15) is 5.84 Å². The van der Waals surface area contributed by atoms with E-state index in [1.165, 1.54) is 18.7 Å². The van der Waals surface area contributed by atoms with Crippen LogP contribution in [0.3, 0.4) is 0 Å². The lowest BCUT2D eigenvalue weighted by molar-refractivity contribution is -0.122. The smallest absolute Gasteiger partial charge is 0.219 e. The van der Waals surface area contributed by atoms with Crippen LogP contribution in [0.5, 0.6) is 0 Å². The molecule has 136 valence electrons. The summed E-state index contributed by atoms with van der Waals surface area (Å²) in [7, 11) is 3.58. The first-order valence-electron chi connectivity index (χ1n) is 9.33. The summed E-state index contributed by atoms with van der Waals surface area (Å²) in [5.74, 6) is 2.91. The van der Waals surface area contributed by atoms with Crippen molar-refractivity contribution < 1.29 is 9.47 Å². The fraction of sp³-hybridized carbons (Fsp3) is 0.889. The van der Waals surface area contributed by atoms with Gasteiger partial charge in [0.05, 0.1) is 18.2 Å². The van der Waals surface area contributed by atoms with Crippen LogP contribution in [0.2, 0.25) is 0 Å². The maximum atomic E-state index is 5.85. The highest BCUT2D eigenvalue weighted by molar-refractivity contribution is 6.00. The van der Waals surface area contributed by atoms with Gasteiger partial charge in [-0.15, -0.1) is 0 Å². The highest BCUT2D eigenvalue weighted by Gasteiger charge is 2.52. The molecular weight excluding hydrogens is 304 g/mol. The van der Waals surface area contributed by atoms with Crippen LogP contribution in [0, 0.1) is 17.8 Å². The van der Waals surface area contributed by atoms with Crippen LogP contribution in [0.15, 0.2) is 9.98 Å². The van der Waals surface area contributed by atoms with Gasteiger partial charge >= 0.3 is 0 Å². The van der Waals surface area contributed by atoms with Crippen molar-refractivity contribution in [2.45, 2.75) is 51.9 Å². The molecule has 24 heavy (non-hydrogen) atoms. The SMILES string of the molecule is CCNC1=NC2C(C)C(OC)C(OC)C(C)C2C(N2CCCC2)=N1. The van der Waals surface area contributed by atoms with E-state index < -0.39 is 0 Å². The molecular formula is C18H32N4O2. The Bertz CT molecular complexity index is 501. The lowest BCUT2D eigenvalue weighted by Crippen LogP contribution is -2.60.